The molecule has 0 aromatic heterocycles. The number of hydrogen-bond acceptors (Lipinski definition) is 4. The molecule has 0 saturated heterocycles. The van der Waals surface area contributed by atoms with Gasteiger partial charge in [0.15, 0.2) is 0 Å². The zero-order chi connectivity index (χ0) is 10.3. The topological polar surface area (TPSA) is 110 Å². The van der Waals surface area contributed by atoms with Crippen LogP contribution in [0.4, 0.5) is 0 Å². The van der Waals surface area contributed by atoms with Crippen LogP contribution in [0, 0.1) is 5.92 Å². The maximum absolute atomic E-state index is 11.0. The van der Waals surface area contributed by atoms with Gasteiger partial charge in [0.1, 0.15) is 0 Å². The molecule has 0 fully saturated rings. The van der Waals surface area contributed by atoms with Gasteiger partial charge < -0.3 is 0 Å². The predicted molar refractivity (Wildman–Crippen MR) is 47.6 cm³/mol. The zero-order valence-corrected chi connectivity index (χ0v) is 7.25. The maximum atomic E-state index is 11.0. The minimum Gasteiger partial charge on any atom is -0.294 e. The van der Waals surface area contributed by atoms with E-state index in [1.807, 2.05) is 10.9 Å². The summed E-state index contributed by atoms with van der Waals surface area (Å²) in [6.07, 6.45) is 1.94. The molecule has 0 radical (unpaired) electrons. The summed E-state index contributed by atoms with van der Waals surface area (Å²) >= 11 is 0. The standard InChI is InChI=1S/C7H14N4O2/c1-2-3-5(7(13)11-9)4-6(12)10-8/h2,5H,1,3-4,8-9H2,(H,10,12)(H,11,13). The van der Waals surface area contributed by atoms with Gasteiger partial charge in [-0.1, -0.05) is 6.08 Å². The number of rotatable bonds is 5. The molecule has 1 unspecified atom stereocenters. The Kier molecular flexibility index (Phi) is 5.49. The molecule has 0 bridgehead atoms. The average Bonchev–Trinajstić information content (AvgIpc) is 2.15. The Balaban J connectivity index is 4.16. The molecule has 0 spiro atoms. The zero-order valence-electron chi connectivity index (χ0n) is 7.25. The van der Waals surface area contributed by atoms with E-state index in [1.165, 1.54) is 0 Å². The molecule has 0 aromatic carbocycles. The van der Waals surface area contributed by atoms with Gasteiger partial charge in [-0.3, -0.25) is 20.4 Å². The van der Waals surface area contributed by atoms with E-state index in [4.69, 9.17) is 11.7 Å². The number of amides is 2. The summed E-state index contributed by atoms with van der Waals surface area (Å²) < 4.78 is 0. The number of hydrogen-bond donors (Lipinski definition) is 4. The molecular weight excluding hydrogens is 172 g/mol. The molecule has 0 aliphatic heterocycles. The van der Waals surface area contributed by atoms with Crippen LogP contribution in [0.2, 0.25) is 0 Å². The third-order valence-electron chi connectivity index (χ3n) is 1.56. The first-order valence-electron chi connectivity index (χ1n) is 3.76. The fraction of sp³-hybridized carbons (Fsp3) is 0.429. The van der Waals surface area contributed by atoms with E-state index in [9.17, 15) is 9.59 Å². The Morgan fingerprint density at radius 3 is 2.38 bits per heavy atom. The molecule has 1 atom stereocenters. The summed E-state index contributed by atoms with van der Waals surface area (Å²) in [5.41, 5.74) is 3.91. The van der Waals surface area contributed by atoms with E-state index in [0.717, 1.165) is 0 Å². The van der Waals surface area contributed by atoms with Crippen molar-refractivity contribution in [3.05, 3.63) is 12.7 Å². The second kappa shape index (κ2) is 6.15. The van der Waals surface area contributed by atoms with Crippen LogP contribution in [0.25, 0.3) is 0 Å². The molecule has 0 aliphatic carbocycles. The van der Waals surface area contributed by atoms with Crippen LogP contribution in [0.15, 0.2) is 12.7 Å². The molecule has 13 heavy (non-hydrogen) atoms. The van der Waals surface area contributed by atoms with Gasteiger partial charge in [-0.25, -0.2) is 11.7 Å². The molecule has 6 nitrogen and oxygen atoms in total. The average molecular weight is 186 g/mol. The smallest absolute Gasteiger partial charge is 0.237 e. The summed E-state index contributed by atoms with van der Waals surface area (Å²) in [5, 5.41) is 0. The van der Waals surface area contributed by atoms with Gasteiger partial charge in [0.25, 0.3) is 0 Å². The first-order valence-corrected chi connectivity index (χ1v) is 3.76. The lowest BCUT2D eigenvalue weighted by molar-refractivity contribution is -0.130. The minimum atomic E-state index is -0.508. The number of hydrazine groups is 2. The van der Waals surface area contributed by atoms with Crippen LogP contribution in [-0.4, -0.2) is 11.8 Å². The van der Waals surface area contributed by atoms with E-state index < -0.39 is 17.7 Å². The number of allylic oxidation sites excluding steroid dienone is 1. The fourth-order valence-corrected chi connectivity index (χ4v) is 0.885. The molecule has 0 aliphatic rings. The van der Waals surface area contributed by atoms with Crippen molar-refractivity contribution < 1.29 is 9.59 Å². The van der Waals surface area contributed by atoms with E-state index >= 15 is 0 Å². The highest BCUT2D eigenvalue weighted by molar-refractivity contribution is 5.85. The lowest BCUT2D eigenvalue weighted by Crippen LogP contribution is -2.39. The number of nitrogens with one attached hydrogen (secondary N) is 2. The van der Waals surface area contributed by atoms with Gasteiger partial charge in [-0.15, -0.1) is 6.58 Å². The summed E-state index contributed by atoms with van der Waals surface area (Å²) in [6.45, 7) is 3.47. The Labute approximate surface area is 76.3 Å². The molecule has 0 aromatic rings. The minimum absolute atomic E-state index is 0.00551. The molecule has 6 heteroatoms. The lowest BCUT2D eigenvalue weighted by Gasteiger charge is -2.11. The van der Waals surface area contributed by atoms with Crippen molar-refractivity contribution in [1.29, 1.82) is 0 Å². The highest BCUT2D eigenvalue weighted by Gasteiger charge is 2.18. The van der Waals surface area contributed by atoms with Crippen molar-refractivity contribution >= 4 is 11.8 Å². The van der Waals surface area contributed by atoms with E-state index in [0.29, 0.717) is 6.42 Å². The van der Waals surface area contributed by atoms with Gasteiger partial charge >= 0.3 is 0 Å². The Morgan fingerprint density at radius 1 is 1.38 bits per heavy atom. The van der Waals surface area contributed by atoms with Gasteiger partial charge in [-0.05, 0) is 6.42 Å². The van der Waals surface area contributed by atoms with E-state index in [2.05, 4.69) is 6.58 Å². The van der Waals surface area contributed by atoms with Crippen LogP contribution in [-0.2, 0) is 9.59 Å². The van der Waals surface area contributed by atoms with E-state index in [-0.39, 0.29) is 6.42 Å². The quantitative estimate of drug-likeness (QED) is 0.182. The van der Waals surface area contributed by atoms with E-state index in [1.54, 1.807) is 6.08 Å². The Bertz CT molecular complexity index is 205. The number of nitrogens with two attached hydrogens (primary N) is 2. The van der Waals surface area contributed by atoms with Crippen LogP contribution in [0.1, 0.15) is 12.8 Å². The third-order valence-corrected chi connectivity index (χ3v) is 1.56. The van der Waals surface area contributed by atoms with Crippen molar-refractivity contribution in [2.75, 3.05) is 0 Å². The Morgan fingerprint density at radius 2 is 2.00 bits per heavy atom. The predicted octanol–water partition coefficient (Wildman–Crippen LogP) is -1.45. The maximum Gasteiger partial charge on any atom is 0.237 e. The first kappa shape index (κ1) is 11.6. The van der Waals surface area contributed by atoms with Crippen LogP contribution >= 0.6 is 0 Å². The second-order valence-corrected chi connectivity index (χ2v) is 2.50. The second-order valence-electron chi connectivity index (χ2n) is 2.50. The lowest BCUT2D eigenvalue weighted by atomic mass is 10.0. The third kappa shape index (κ3) is 4.24. The number of carbonyl (C=O) groups excluding carboxylic acids is 2. The highest BCUT2D eigenvalue weighted by atomic mass is 16.2. The monoisotopic (exact) mass is 186 g/mol. The molecule has 0 rings (SSSR count). The van der Waals surface area contributed by atoms with Gasteiger partial charge in [0, 0.05) is 6.42 Å². The fourth-order valence-electron chi connectivity index (χ4n) is 0.885. The number of carbonyl (C=O) groups is 2. The van der Waals surface area contributed by atoms with Crippen molar-refractivity contribution in [3.63, 3.8) is 0 Å². The van der Waals surface area contributed by atoms with Crippen molar-refractivity contribution in [3.8, 4) is 0 Å². The molecular formula is C7H14N4O2. The summed E-state index contributed by atoms with van der Waals surface area (Å²) in [7, 11) is 0. The molecule has 0 saturated carbocycles. The van der Waals surface area contributed by atoms with Crippen molar-refractivity contribution in [2.45, 2.75) is 12.8 Å². The van der Waals surface area contributed by atoms with Crippen LogP contribution in [0.5, 0.6) is 0 Å². The van der Waals surface area contributed by atoms with Crippen molar-refractivity contribution in [1.82, 2.24) is 10.9 Å². The molecule has 0 heterocycles. The first-order chi connectivity index (χ1) is 6.15. The van der Waals surface area contributed by atoms with Crippen molar-refractivity contribution in [2.24, 2.45) is 17.6 Å². The Hall–Kier alpha value is -1.40. The molecule has 2 amide bonds. The van der Waals surface area contributed by atoms with Crippen LogP contribution in [0.3, 0.4) is 0 Å². The van der Waals surface area contributed by atoms with Gasteiger partial charge in [-0.2, -0.15) is 0 Å². The largest absolute Gasteiger partial charge is 0.294 e. The van der Waals surface area contributed by atoms with Gasteiger partial charge in [0.05, 0.1) is 5.92 Å². The van der Waals surface area contributed by atoms with Gasteiger partial charge in [0.2, 0.25) is 11.8 Å². The highest BCUT2D eigenvalue weighted by Crippen LogP contribution is 2.08. The summed E-state index contributed by atoms with van der Waals surface area (Å²) in [5.74, 6) is 8.48. The van der Waals surface area contributed by atoms with Crippen LogP contribution < -0.4 is 22.5 Å². The molecule has 6 N–H and O–H groups in total. The SMILES string of the molecule is C=CCC(CC(=O)NN)C(=O)NN. The summed E-state index contributed by atoms with van der Waals surface area (Å²) in [6, 6.07) is 0. The molecule has 74 valence electrons. The normalized spacial score (nSPS) is 11.5. The summed E-state index contributed by atoms with van der Waals surface area (Å²) in [4.78, 5) is 21.9.